The van der Waals surface area contributed by atoms with Crippen LogP contribution in [0.4, 0.5) is 5.69 Å². The average molecular weight is 335 g/mol. The topological polar surface area (TPSA) is 85.6 Å². The maximum atomic E-state index is 11.1. The van der Waals surface area contributed by atoms with Gasteiger partial charge in [-0.3, -0.25) is 4.79 Å². The van der Waals surface area contributed by atoms with E-state index in [2.05, 4.69) is 10.6 Å². The van der Waals surface area contributed by atoms with E-state index in [1.807, 2.05) is 18.2 Å². The minimum Gasteiger partial charge on any atom is -0.493 e. The van der Waals surface area contributed by atoms with Crippen molar-refractivity contribution in [3.05, 3.63) is 23.8 Å². The summed E-state index contributed by atoms with van der Waals surface area (Å²) in [5, 5.41) is 6.98. The maximum Gasteiger partial charge on any atom is 0.302 e. The molecule has 1 aliphatic carbocycles. The molecule has 23 heavy (non-hydrogen) atoms. The number of hydrogen-bond donors (Lipinski definition) is 3. The zero-order valence-corrected chi connectivity index (χ0v) is 13.8. The second-order valence-electron chi connectivity index (χ2n) is 5.89. The van der Waals surface area contributed by atoms with E-state index in [1.54, 1.807) is 0 Å². The first-order valence-electron chi connectivity index (χ1n) is 7.79. The molecule has 0 spiro atoms. The van der Waals surface area contributed by atoms with Crippen LogP contribution >= 0.6 is 12.2 Å². The van der Waals surface area contributed by atoms with Gasteiger partial charge in [-0.15, -0.1) is 0 Å². The van der Waals surface area contributed by atoms with E-state index >= 15 is 0 Å². The van der Waals surface area contributed by atoms with Crippen LogP contribution in [-0.2, 0) is 16.0 Å². The first-order valence-corrected chi connectivity index (χ1v) is 8.20. The van der Waals surface area contributed by atoms with Gasteiger partial charge in [0.2, 0.25) is 0 Å². The lowest BCUT2D eigenvalue weighted by Gasteiger charge is -2.23. The zero-order valence-electron chi connectivity index (χ0n) is 13.0. The lowest BCUT2D eigenvalue weighted by molar-refractivity contribution is -0.146. The number of nitrogens with two attached hydrogens (primary N) is 1. The summed E-state index contributed by atoms with van der Waals surface area (Å²) in [6.07, 6.45) is 2.19. The molecule has 0 radical (unpaired) electrons. The fourth-order valence-electron chi connectivity index (χ4n) is 3.17. The normalized spacial score (nSPS) is 25.4. The summed E-state index contributed by atoms with van der Waals surface area (Å²) >= 11 is 5.40. The summed E-state index contributed by atoms with van der Waals surface area (Å²) in [6, 6.07) is 5.61. The van der Waals surface area contributed by atoms with Crippen LogP contribution in [0, 0.1) is 0 Å². The monoisotopic (exact) mass is 335 g/mol. The summed E-state index contributed by atoms with van der Waals surface area (Å²) in [5.74, 6) is 0.608. The number of fused-ring (bicyclic) bond motifs is 1. The third kappa shape index (κ3) is 3.56. The number of nitrogens with one attached hydrogen (secondary N) is 2. The van der Waals surface area contributed by atoms with Crippen molar-refractivity contribution in [2.75, 3.05) is 11.9 Å². The minimum absolute atomic E-state index is 0.00707. The van der Waals surface area contributed by atoms with Crippen molar-refractivity contribution >= 4 is 29.0 Å². The Morgan fingerprint density at radius 2 is 2.26 bits per heavy atom. The third-order valence-corrected chi connectivity index (χ3v) is 4.50. The van der Waals surface area contributed by atoms with Gasteiger partial charge in [-0.05, 0) is 37.2 Å². The molecule has 1 aliphatic heterocycles. The van der Waals surface area contributed by atoms with Crippen LogP contribution in [-0.4, -0.2) is 35.9 Å². The molecule has 1 heterocycles. The molecule has 7 heteroatoms. The highest BCUT2D eigenvalue weighted by Crippen LogP contribution is 2.31. The number of carbonyl (C=O) groups is 1. The van der Waals surface area contributed by atoms with E-state index in [9.17, 15) is 4.79 Å². The van der Waals surface area contributed by atoms with Crippen LogP contribution in [0.25, 0.3) is 0 Å². The van der Waals surface area contributed by atoms with Crippen LogP contribution in [0.15, 0.2) is 18.2 Å². The Bertz CT molecular complexity index is 623. The van der Waals surface area contributed by atoms with E-state index in [0.29, 0.717) is 11.7 Å². The van der Waals surface area contributed by atoms with E-state index in [0.717, 1.165) is 36.3 Å². The van der Waals surface area contributed by atoms with E-state index in [1.165, 1.54) is 6.92 Å². The first-order chi connectivity index (χ1) is 11.0. The molecule has 3 rings (SSSR count). The van der Waals surface area contributed by atoms with Crippen molar-refractivity contribution in [2.45, 2.75) is 44.4 Å². The number of hydrogen-bond acceptors (Lipinski definition) is 5. The third-order valence-electron chi connectivity index (χ3n) is 4.28. The van der Waals surface area contributed by atoms with Crippen LogP contribution < -0.4 is 21.1 Å². The predicted molar refractivity (Wildman–Crippen MR) is 91.5 cm³/mol. The summed E-state index contributed by atoms with van der Waals surface area (Å²) in [5.41, 5.74) is 8.26. The van der Waals surface area contributed by atoms with E-state index in [-0.39, 0.29) is 24.2 Å². The largest absolute Gasteiger partial charge is 0.493 e. The molecular formula is C16H21N3O3S. The fraction of sp³-hybridized carbons (Fsp3) is 0.500. The fourth-order valence-corrected chi connectivity index (χ4v) is 3.43. The predicted octanol–water partition coefficient (Wildman–Crippen LogP) is 1.33. The molecule has 0 bridgehead atoms. The Morgan fingerprint density at radius 3 is 3.04 bits per heavy atom. The molecule has 0 amide bonds. The number of thiocarbonyl (C=S) groups is 1. The second-order valence-corrected chi connectivity index (χ2v) is 6.30. The number of ether oxygens (including phenoxy) is 2. The zero-order chi connectivity index (χ0) is 16.4. The standard InChI is InChI=1S/C16H21N3O3S/c1-9(20)22-14-6-5-12(15(14)17)19-16(23)18-11-3-2-4-13-10(11)7-8-21-13/h2-4,12,14-15H,5-8,17H2,1H3,(H2,18,19,23)/t12-,14-,15-/m1/s1. The van der Waals surface area contributed by atoms with Gasteiger partial charge in [-0.2, -0.15) is 0 Å². The summed E-state index contributed by atoms with van der Waals surface area (Å²) in [4.78, 5) is 11.1. The van der Waals surface area contributed by atoms with Crippen LogP contribution in [0.2, 0.25) is 0 Å². The van der Waals surface area contributed by atoms with E-state index in [4.69, 9.17) is 27.4 Å². The first kappa shape index (κ1) is 16.0. The Kier molecular flexibility index (Phi) is 4.68. The molecule has 2 aliphatic rings. The Balaban J connectivity index is 1.58. The Morgan fingerprint density at radius 1 is 1.43 bits per heavy atom. The van der Waals surface area contributed by atoms with Crippen molar-refractivity contribution < 1.29 is 14.3 Å². The quantitative estimate of drug-likeness (QED) is 0.567. The van der Waals surface area contributed by atoms with Gasteiger partial charge in [-0.25, -0.2) is 0 Å². The van der Waals surface area contributed by atoms with Gasteiger partial charge in [0.15, 0.2) is 5.11 Å². The smallest absolute Gasteiger partial charge is 0.302 e. The van der Waals surface area contributed by atoms with Crippen LogP contribution in [0.1, 0.15) is 25.3 Å². The lowest BCUT2D eigenvalue weighted by atomic mass is 10.1. The molecule has 6 nitrogen and oxygen atoms in total. The maximum absolute atomic E-state index is 11.1. The van der Waals surface area contributed by atoms with Crippen molar-refractivity contribution in [3.63, 3.8) is 0 Å². The lowest BCUT2D eigenvalue weighted by Crippen LogP contribution is -2.49. The number of benzene rings is 1. The second kappa shape index (κ2) is 6.72. The molecule has 0 unspecified atom stereocenters. The molecule has 1 saturated carbocycles. The SMILES string of the molecule is CC(=O)O[C@@H]1CC[C@@H](NC(=S)Nc2cccc3c2CCO3)[C@H]1N. The van der Waals surface area contributed by atoms with Crippen molar-refractivity contribution in [2.24, 2.45) is 5.73 Å². The molecule has 0 aromatic heterocycles. The highest BCUT2D eigenvalue weighted by molar-refractivity contribution is 7.80. The summed E-state index contributed by atoms with van der Waals surface area (Å²) in [7, 11) is 0. The van der Waals surface area contributed by atoms with Crippen molar-refractivity contribution in [3.8, 4) is 5.75 Å². The van der Waals surface area contributed by atoms with Gasteiger partial charge in [0.1, 0.15) is 11.9 Å². The molecule has 0 saturated heterocycles. The summed E-state index contributed by atoms with van der Waals surface area (Å²) < 4.78 is 10.8. The highest BCUT2D eigenvalue weighted by atomic mass is 32.1. The molecule has 4 N–H and O–H groups in total. The number of carbonyl (C=O) groups excluding carboxylic acids is 1. The number of anilines is 1. The van der Waals surface area contributed by atoms with Gasteiger partial charge in [-0.1, -0.05) is 6.07 Å². The Labute approximate surface area is 140 Å². The van der Waals surface area contributed by atoms with Crippen molar-refractivity contribution in [1.29, 1.82) is 0 Å². The Hall–Kier alpha value is -1.86. The number of esters is 1. The summed E-state index contributed by atoms with van der Waals surface area (Å²) in [6.45, 7) is 2.10. The van der Waals surface area contributed by atoms with Crippen LogP contribution in [0.5, 0.6) is 5.75 Å². The van der Waals surface area contributed by atoms with Gasteiger partial charge < -0.3 is 25.8 Å². The van der Waals surface area contributed by atoms with Gasteiger partial charge in [0, 0.05) is 30.6 Å². The van der Waals surface area contributed by atoms with Gasteiger partial charge >= 0.3 is 5.97 Å². The number of rotatable bonds is 3. The minimum atomic E-state index is -0.299. The molecule has 1 aromatic carbocycles. The molecule has 124 valence electrons. The molecule has 1 fully saturated rings. The van der Waals surface area contributed by atoms with Gasteiger partial charge in [0.05, 0.1) is 12.6 Å². The van der Waals surface area contributed by atoms with Gasteiger partial charge in [0.25, 0.3) is 0 Å². The average Bonchev–Trinajstić information content (AvgIpc) is 3.09. The molecule has 3 atom stereocenters. The van der Waals surface area contributed by atoms with Crippen LogP contribution in [0.3, 0.4) is 0 Å². The van der Waals surface area contributed by atoms with Crippen molar-refractivity contribution in [1.82, 2.24) is 5.32 Å². The highest BCUT2D eigenvalue weighted by Gasteiger charge is 2.36. The molecule has 1 aromatic rings. The van der Waals surface area contributed by atoms with E-state index < -0.39 is 0 Å². The molecular weight excluding hydrogens is 314 g/mol.